The average Bonchev–Trinajstić information content (AvgIpc) is 2.43. The zero-order valence-electron chi connectivity index (χ0n) is 11.7. The summed E-state index contributed by atoms with van der Waals surface area (Å²) in [5.74, 6) is -2.12. The summed E-state index contributed by atoms with van der Waals surface area (Å²) < 4.78 is 13.0. The molecule has 2 N–H and O–H groups in total. The Morgan fingerprint density at radius 3 is 2.10 bits per heavy atom. The number of hydrogen-bond acceptors (Lipinski definition) is 2. The van der Waals surface area contributed by atoms with Gasteiger partial charge in [-0.15, -0.1) is 0 Å². The van der Waals surface area contributed by atoms with E-state index in [-0.39, 0.29) is 5.69 Å². The van der Waals surface area contributed by atoms with E-state index < -0.39 is 17.6 Å². The summed E-state index contributed by atoms with van der Waals surface area (Å²) in [6.45, 7) is 3.68. The van der Waals surface area contributed by atoms with E-state index in [0.717, 1.165) is 17.2 Å². The molecule has 0 saturated heterocycles. The molecule has 2 rings (SSSR count). The number of aryl methyl sites for hydroxylation is 2. The van der Waals surface area contributed by atoms with Crippen LogP contribution in [0.3, 0.4) is 0 Å². The summed E-state index contributed by atoms with van der Waals surface area (Å²) in [6, 6.07) is 10.9. The van der Waals surface area contributed by atoms with Crippen molar-refractivity contribution in [2.24, 2.45) is 0 Å². The molecule has 0 unspecified atom stereocenters. The van der Waals surface area contributed by atoms with E-state index in [2.05, 4.69) is 10.6 Å². The molecule has 0 bridgehead atoms. The van der Waals surface area contributed by atoms with Crippen LogP contribution < -0.4 is 10.6 Å². The highest BCUT2D eigenvalue weighted by molar-refractivity contribution is 6.43. The molecule has 108 valence electrons. The number of nitrogens with one attached hydrogen (secondary N) is 2. The lowest BCUT2D eigenvalue weighted by molar-refractivity contribution is -0.133. The second kappa shape index (κ2) is 6.17. The van der Waals surface area contributed by atoms with Gasteiger partial charge in [-0.05, 0) is 43.2 Å². The summed E-state index contributed by atoms with van der Waals surface area (Å²) in [5.41, 5.74) is 2.57. The van der Waals surface area contributed by atoms with Crippen molar-refractivity contribution in [1.82, 2.24) is 0 Å². The van der Waals surface area contributed by atoms with Crippen LogP contribution in [0.15, 0.2) is 42.5 Å². The van der Waals surface area contributed by atoms with Crippen LogP contribution in [0.1, 0.15) is 11.1 Å². The van der Waals surface area contributed by atoms with Gasteiger partial charge in [-0.1, -0.05) is 24.3 Å². The van der Waals surface area contributed by atoms with Crippen LogP contribution in [0.25, 0.3) is 0 Å². The van der Waals surface area contributed by atoms with E-state index in [1.54, 1.807) is 0 Å². The van der Waals surface area contributed by atoms with Crippen molar-refractivity contribution in [1.29, 1.82) is 0 Å². The predicted molar refractivity (Wildman–Crippen MR) is 79.6 cm³/mol. The largest absolute Gasteiger partial charge is 0.318 e. The number of rotatable bonds is 2. The van der Waals surface area contributed by atoms with Crippen molar-refractivity contribution < 1.29 is 14.0 Å². The van der Waals surface area contributed by atoms with E-state index in [1.165, 1.54) is 18.2 Å². The summed E-state index contributed by atoms with van der Waals surface area (Å²) >= 11 is 0. The fourth-order valence-electron chi connectivity index (χ4n) is 1.94. The van der Waals surface area contributed by atoms with Crippen LogP contribution in [-0.2, 0) is 9.59 Å². The number of anilines is 2. The lowest BCUT2D eigenvalue weighted by Gasteiger charge is -2.11. The Labute approximate surface area is 122 Å². The van der Waals surface area contributed by atoms with Gasteiger partial charge in [-0.25, -0.2) is 4.39 Å². The lowest BCUT2D eigenvalue weighted by Crippen LogP contribution is -2.29. The quantitative estimate of drug-likeness (QED) is 0.834. The molecule has 0 aliphatic heterocycles. The first kappa shape index (κ1) is 14.7. The first-order chi connectivity index (χ1) is 9.97. The molecular formula is C16H15FN2O2. The third-order valence-electron chi connectivity index (χ3n) is 3.01. The highest BCUT2D eigenvalue weighted by Crippen LogP contribution is 2.19. The Morgan fingerprint density at radius 2 is 1.48 bits per heavy atom. The highest BCUT2D eigenvalue weighted by Gasteiger charge is 2.16. The maximum atomic E-state index is 13.0. The molecule has 0 fully saturated rings. The average molecular weight is 286 g/mol. The van der Waals surface area contributed by atoms with Crippen LogP contribution >= 0.6 is 0 Å². The molecular weight excluding hydrogens is 271 g/mol. The van der Waals surface area contributed by atoms with Gasteiger partial charge >= 0.3 is 11.8 Å². The molecule has 21 heavy (non-hydrogen) atoms. The zero-order valence-corrected chi connectivity index (χ0v) is 11.7. The van der Waals surface area contributed by atoms with Crippen molar-refractivity contribution in [2.75, 3.05) is 10.6 Å². The fourth-order valence-corrected chi connectivity index (χ4v) is 1.94. The molecule has 0 aliphatic carbocycles. The number of carbonyl (C=O) groups excluding carboxylic acids is 2. The molecule has 0 aliphatic rings. The minimum absolute atomic E-state index is 0.233. The second-order valence-electron chi connectivity index (χ2n) is 4.69. The molecule has 5 heteroatoms. The Bertz CT molecular complexity index is 678. The van der Waals surface area contributed by atoms with E-state index in [9.17, 15) is 14.0 Å². The van der Waals surface area contributed by atoms with E-state index in [1.807, 2.05) is 32.0 Å². The Kier molecular flexibility index (Phi) is 4.33. The highest BCUT2D eigenvalue weighted by atomic mass is 19.1. The molecule has 2 aromatic rings. The van der Waals surface area contributed by atoms with Gasteiger partial charge in [0.15, 0.2) is 0 Å². The van der Waals surface area contributed by atoms with Gasteiger partial charge in [-0.2, -0.15) is 0 Å². The summed E-state index contributed by atoms with van der Waals surface area (Å²) in [5, 5.41) is 4.92. The van der Waals surface area contributed by atoms with Gasteiger partial charge in [0.1, 0.15) is 5.82 Å². The summed E-state index contributed by atoms with van der Waals surface area (Å²) in [4.78, 5) is 23.7. The number of halogens is 1. The topological polar surface area (TPSA) is 58.2 Å². The van der Waals surface area contributed by atoms with Crippen LogP contribution in [-0.4, -0.2) is 11.8 Å². The molecule has 0 saturated carbocycles. The minimum atomic E-state index is -0.844. The molecule has 0 aromatic heterocycles. The second-order valence-corrected chi connectivity index (χ2v) is 4.69. The smallest absolute Gasteiger partial charge is 0.314 e. The molecule has 0 atom stereocenters. The van der Waals surface area contributed by atoms with Crippen molar-refractivity contribution in [3.63, 3.8) is 0 Å². The standard InChI is InChI=1S/C16H15FN2O2/c1-10-5-3-6-11(2)14(10)19-16(21)15(20)18-13-8-4-7-12(17)9-13/h3-9H,1-2H3,(H,18,20)(H,19,21). The Morgan fingerprint density at radius 1 is 0.905 bits per heavy atom. The van der Waals surface area contributed by atoms with Crippen LogP contribution in [0, 0.1) is 19.7 Å². The molecule has 2 aromatic carbocycles. The molecule has 0 spiro atoms. The van der Waals surface area contributed by atoms with E-state index in [0.29, 0.717) is 5.69 Å². The van der Waals surface area contributed by atoms with Gasteiger partial charge in [-0.3, -0.25) is 9.59 Å². The molecule has 0 heterocycles. The van der Waals surface area contributed by atoms with E-state index >= 15 is 0 Å². The SMILES string of the molecule is Cc1cccc(C)c1NC(=O)C(=O)Nc1cccc(F)c1. The predicted octanol–water partition coefficient (Wildman–Crippen LogP) is 3.02. The van der Waals surface area contributed by atoms with Crippen LogP contribution in [0.4, 0.5) is 15.8 Å². The monoisotopic (exact) mass is 286 g/mol. The first-order valence-corrected chi connectivity index (χ1v) is 6.41. The number of para-hydroxylation sites is 1. The third-order valence-corrected chi connectivity index (χ3v) is 3.01. The number of carbonyl (C=O) groups is 2. The number of benzene rings is 2. The van der Waals surface area contributed by atoms with Crippen molar-refractivity contribution in [3.05, 3.63) is 59.4 Å². The Balaban J connectivity index is 2.08. The number of hydrogen-bond donors (Lipinski definition) is 2. The van der Waals surface area contributed by atoms with Gasteiger partial charge in [0.05, 0.1) is 0 Å². The van der Waals surface area contributed by atoms with Crippen molar-refractivity contribution in [2.45, 2.75) is 13.8 Å². The maximum absolute atomic E-state index is 13.0. The minimum Gasteiger partial charge on any atom is -0.318 e. The molecule has 2 amide bonds. The van der Waals surface area contributed by atoms with Crippen LogP contribution in [0.5, 0.6) is 0 Å². The fraction of sp³-hybridized carbons (Fsp3) is 0.125. The zero-order chi connectivity index (χ0) is 15.4. The van der Waals surface area contributed by atoms with Crippen LogP contribution in [0.2, 0.25) is 0 Å². The van der Waals surface area contributed by atoms with Crippen molar-refractivity contribution in [3.8, 4) is 0 Å². The van der Waals surface area contributed by atoms with E-state index in [4.69, 9.17) is 0 Å². The Hall–Kier alpha value is -2.69. The van der Waals surface area contributed by atoms with Gasteiger partial charge < -0.3 is 10.6 Å². The first-order valence-electron chi connectivity index (χ1n) is 6.41. The van der Waals surface area contributed by atoms with Crippen molar-refractivity contribution >= 4 is 23.2 Å². The summed E-state index contributed by atoms with van der Waals surface area (Å²) in [7, 11) is 0. The normalized spacial score (nSPS) is 10.0. The maximum Gasteiger partial charge on any atom is 0.314 e. The molecule has 0 radical (unpaired) electrons. The van der Waals surface area contributed by atoms with Gasteiger partial charge in [0.25, 0.3) is 0 Å². The molecule has 4 nitrogen and oxygen atoms in total. The van der Waals surface area contributed by atoms with Gasteiger partial charge in [0, 0.05) is 11.4 Å². The van der Waals surface area contributed by atoms with Gasteiger partial charge in [0.2, 0.25) is 0 Å². The summed E-state index contributed by atoms with van der Waals surface area (Å²) in [6.07, 6.45) is 0. The number of amides is 2. The third kappa shape index (κ3) is 3.66. The lowest BCUT2D eigenvalue weighted by atomic mass is 10.1.